The molecule has 0 bridgehead atoms. The Hall–Kier alpha value is -0.760. The number of sulfonamides is 1. The summed E-state index contributed by atoms with van der Waals surface area (Å²) in [6.07, 6.45) is 0. The molecule has 0 saturated carbocycles. The van der Waals surface area contributed by atoms with Gasteiger partial charge in [-0.1, -0.05) is 13.0 Å². The van der Waals surface area contributed by atoms with E-state index < -0.39 is 10.0 Å². The van der Waals surface area contributed by atoms with Crippen LogP contribution in [0.4, 0.5) is 11.4 Å². The number of benzene rings is 1. The molecule has 1 aromatic rings. The topological polar surface area (TPSA) is 70.9 Å². The van der Waals surface area contributed by atoms with Gasteiger partial charge in [-0.15, -0.1) is 11.6 Å². The average molecular weight is 320 g/mol. The number of nitrogens with one attached hydrogen (secondary N) is 1. The molecule has 1 N–H and O–H groups in total. The first-order valence-electron chi connectivity index (χ1n) is 5.75. The number of hydrogen-bond acceptors (Lipinski definition) is 4. The zero-order valence-electron chi connectivity index (χ0n) is 10.5. The van der Waals surface area contributed by atoms with E-state index in [9.17, 15) is 8.42 Å². The van der Waals surface area contributed by atoms with Crippen molar-refractivity contribution in [2.45, 2.75) is 24.8 Å². The van der Waals surface area contributed by atoms with Gasteiger partial charge in [-0.2, -0.15) is 8.73 Å². The number of fused-ring (bicyclic) bond motifs is 1. The van der Waals surface area contributed by atoms with E-state index in [1.807, 2.05) is 6.92 Å². The first-order valence-corrected chi connectivity index (χ1v) is 8.50. The van der Waals surface area contributed by atoms with E-state index in [-0.39, 0.29) is 16.9 Å². The maximum Gasteiger partial charge on any atom is 0.243 e. The Morgan fingerprint density at radius 3 is 2.79 bits per heavy atom. The molecule has 1 aromatic carbocycles. The van der Waals surface area contributed by atoms with Crippen LogP contribution >= 0.6 is 11.6 Å². The van der Waals surface area contributed by atoms with Gasteiger partial charge in [0.05, 0.1) is 11.4 Å². The summed E-state index contributed by atoms with van der Waals surface area (Å²) in [6.45, 7) is 3.69. The van der Waals surface area contributed by atoms with Crippen LogP contribution in [0.25, 0.3) is 0 Å². The Bertz CT molecular complexity index is 654. The first-order chi connectivity index (χ1) is 8.95. The molecule has 0 fully saturated rings. The molecule has 0 aromatic heterocycles. The van der Waals surface area contributed by atoms with Gasteiger partial charge in [-0.3, -0.25) is 0 Å². The molecule has 0 saturated heterocycles. The van der Waals surface area contributed by atoms with Gasteiger partial charge in [-0.05, 0) is 25.0 Å². The van der Waals surface area contributed by atoms with Crippen molar-refractivity contribution in [2.24, 2.45) is 14.6 Å². The lowest BCUT2D eigenvalue weighted by molar-refractivity contribution is 0.480. The Morgan fingerprint density at radius 1 is 1.37 bits per heavy atom. The summed E-state index contributed by atoms with van der Waals surface area (Å²) < 4.78 is 35.4. The molecule has 2 atom stereocenters. The molecule has 1 heterocycles. The molecule has 0 radical (unpaired) electrons. The van der Waals surface area contributed by atoms with Crippen LogP contribution in [-0.2, 0) is 21.4 Å². The minimum absolute atomic E-state index is 0.0456. The van der Waals surface area contributed by atoms with Crippen molar-refractivity contribution in [3.05, 3.63) is 18.2 Å². The standard InChI is InChI=1S/C11H14ClN3O2S2/c1-7(6-12)8(2)15-19(16,17)10-5-3-4-9-11(10)14-18-13-9/h3-5,7-8,15H,6H2,1-2H3. The SMILES string of the molecule is CC(CCl)C(C)NS(=O)(=O)c1cccc2c1N=S=N2. The zero-order chi connectivity index (χ0) is 14.0. The number of alkyl halides is 1. The molecule has 0 aliphatic carbocycles. The third-order valence-electron chi connectivity index (χ3n) is 2.98. The molecular formula is C11H14ClN3O2S2. The lowest BCUT2D eigenvalue weighted by atomic mass is 10.1. The Morgan fingerprint density at radius 2 is 2.11 bits per heavy atom. The zero-order valence-corrected chi connectivity index (χ0v) is 12.9. The molecule has 19 heavy (non-hydrogen) atoms. The molecule has 2 unspecified atom stereocenters. The van der Waals surface area contributed by atoms with Gasteiger partial charge in [-0.25, -0.2) is 13.1 Å². The van der Waals surface area contributed by atoms with Crippen LogP contribution in [0.2, 0.25) is 0 Å². The monoisotopic (exact) mass is 319 g/mol. The van der Waals surface area contributed by atoms with E-state index in [4.69, 9.17) is 11.6 Å². The summed E-state index contributed by atoms with van der Waals surface area (Å²) in [5, 5.41) is 0. The Balaban J connectivity index is 2.32. The maximum absolute atomic E-state index is 12.4. The second-order valence-electron chi connectivity index (χ2n) is 4.43. The van der Waals surface area contributed by atoms with Crippen molar-refractivity contribution < 1.29 is 8.42 Å². The molecule has 5 nitrogen and oxygen atoms in total. The van der Waals surface area contributed by atoms with E-state index in [2.05, 4.69) is 13.4 Å². The third kappa shape index (κ3) is 3.05. The Kier molecular flexibility index (Phi) is 4.39. The van der Waals surface area contributed by atoms with Gasteiger partial charge in [0.2, 0.25) is 10.0 Å². The largest absolute Gasteiger partial charge is 0.243 e. The first kappa shape index (κ1) is 14.6. The van der Waals surface area contributed by atoms with Crippen molar-refractivity contribution in [3.8, 4) is 0 Å². The van der Waals surface area contributed by atoms with Crippen LogP contribution in [0.15, 0.2) is 31.8 Å². The van der Waals surface area contributed by atoms with Gasteiger partial charge in [0.25, 0.3) is 0 Å². The second-order valence-corrected chi connectivity index (χ2v) is 6.95. The predicted molar refractivity (Wildman–Crippen MR) is 77.7 cm³/mol. The summed E-state index contributed by atoms with van der Waals surface area (Å²) in [4.78, 5) is 0.160. The second kappa shape index (κ2) is 5.70. The highest BCUT2D eigenvalue weighted by molar-refractivity contribution is 7.89. The van der Waals surface area contributed by atoms with Gasteiger partial charge < -0.3 is 0 Å². The van der Waals surface area contributed by atoms with E-state index in [1.54, 1.807) is 19.1 Å². The average Bonchev–Trinajstić information content (AvgIpc) is 2.84. The van der Waals surface area contributed by atoms with E-state index in [1.165, 1.54) is 6.07 Å². The summed E-state index contributed by atoms with van der Waals surface area (Å²) >= 11 is 6.74. The molecule has 104 valence electrons. The highest BCUT2D eigenvalue weighted by Gasteiger charge is 2.25. The van der Waals surface area contributed by atoms with Gasteiger partial charge in [0, 0.05) is 11.9 Å². The van der Waals surface area contributed by atoms with Crippen molar-refractivity contribution in [1.29, 1.82) is 0 Å². The van der Waals surface area contributed by atoms with Crippen LogP contribution in [0.3, 0.4) is 0 Å². The highest BCUT2D eigenvalue weighted by atomic mass is 35.5. The van der Waals surface area contributed by atoms with Crippen molar-refractivity contribution >= 4 is 44.4 Å². The van der Waals surface area contributed by atoms with Gasteiger partial charge >= 0.3 is 0 Å². The van der Waals surface area contributed by atoms with E-state index in [0.29, 0.717) is 17.3 Å². The van der Waals surface area contributed by atoms with Crippen LogP contribution in [0.1, 0.15) is 13.8 Å². The van der Waals surface area contributed by atoms with Crippen molar-refractivity contribution in [2.75, 3.05) is 5.88 Å². The Labute approximate surface area is 121 Å². The van der Waals surface area contributed by atoms with Crippen LogP contribution in [0.5, 0.6) is 0 Å². The highest BCUT2D eigenvalue weighted by Crippen LogP contribution is 2.37. The summed E-state index contributed by atoms with van der Waals surface area (Å²) in [6, 6.07) is 4.69. The summed E-state index contributed by atoms with van der Waals surface area (Å²) in [5.74, 6) is 0.441. The molecule has 0 spiro atoms. The molecule has 2 rings (SSSR count). The van der Waals surface area contributed by atoms with E-state index >= 15 is 0 Å². The minimum Gasteiger partial charge on any atom is -0.208 e. The molecular weight excluding hydrogens is 306 g/mol. The maximum atomic E-state index is 12.4. The molecule has 1 aliphatic rings. The fraction of sp³-hybridized carbons (Fsp3) is 0.455. The van der Waals surface area contributed by atoms with Gasteiger partial charge in [0.1, 0.15) is 16.3 Å². The quantitative estimate of drug-likeness (QED) is 0.861. The van der Waals surface area contributed by atoms with Crippen LogP contribution in [0, 0.1) is 5.92 Å². The normalized spacial score (nSPS) is 16.8. The predicted octanol–water partition coefficient (Wildman–Crippen LogP) is 2.95. The number of halogens is 1. The lowest BCUT2D eigenvalue weighted by Crippen LogP contribution is -2.37. The minimum atomic E-state index is -3.62. The number of hydrogen-bond donors (Lipinski definition) is 1. The van der Waals surface area contributed by atoms with Crippen molar-refractivity contribution in [3.63, 3.8) is 0 Å². The van der Waals surface area contributed by atoms with Crippen LogP contribution in [-0.4, -0.2) is 20.3 Å². The number of nitrogens with zero attached hydrogens (tertiary/aromatic N) is 2. The van der Waals surface area contributed by atoms with Crippen LogP contribution < -0.4 is 4.72 Å². The summed E-state index contributed by atoms with van der Waals surface area (Å²) in [7, 11) is -3.62. The van der Waals surface area contributed by atoms with E-state index in [0.717, 1.165) is 11.4 Å². The van der Waals surface area contributed by atoms with Gasteiger partial charge in [0.15, 0.2) is 0 Å². The third-order valence-corrected chi connectivity index (χ3v) is 5.60. The fourth-order valence-corrected chi connectivity index (χ4v) is 3.94. The molecule has 8 heteroatoms. The summed E-state index contributed by atoms with van der Waals surface area (Å²) in [5.41, 5.74) is 0.997. The smallest absolute Gasteiger partial charge is 0.208 e. The number of rotatable bonds is 5. The fourth-order valence-electron chi connectivity index (χ4n) is 1.56. The van der Waals surface area contributed by atoms with Crippen molar-refractivity contribution in [1.82, 2.24) is 4.72 Å². The molecule has 1 aliphatic heterocycles. The molecule has 0 amide bonds. The lowest BCUT2D eigenvalue weighted by Gasteiger charge is -2.19.